The Balaban J connectivity index is 2.25. The molecule has 0 amide bonds. The van der Waals surface area contributed by atoms with Gasteiger partial charge in [0.2, 0.25) is 10.0 Å². The average molecular weight is 338 g/mol. The summed E-state index contributed by atoms with van der Waals surface area (Å²) in [5.74, 6) is 1.74. The van der Waals surface area contributed by atoms with E-state index in [4.69, 9.17) is 9.15 Å². The van der Waals surface area contributed by atoms with Crippen molar-refractivity contribution in [1.29, 1.82) is 0 Å². The molecular weight excluding hydrogens is 316 g/mol. The van der Waals surface area contributed by atoms with Crippen LogP contribution in [0.5, 0.6) is 5.75 Å². The quantitative estimate of drug-likeness (QED) is 0.876. The first-order chi connectivity index (χ1) is 10.7. The lowest BCUT2D eigenvalue weighted by atomic mass is 10.1. The standard InChI is InChI=1S/C16H22N2O4S/c1-6-21-14-7-11(3)16(8-10(14)2)23(19,20)17-9-15-12(4)18-13(5)22-15/h7-8,17H,6,9H2,1-5H3. The first-order valence-electron chi connectivity index (χ1n) is 7.41. The third-order valence-corrected chi connectivity index (χ3v) is 5.03. The zero-order valence-electron chi connectivity index (χ0n) is 14.1. The number of nitrogens with one attached hydrogen (secondary N) is 1. The summed E-state index contributed by atoms with van der Waals surface area (Å²) in [6.07, 6.45) is 0. The number of ether oxygens (including phenoxy) is 1. The van der Waals surface area contributed by atoms with E-state index in [9.17, 15) is 8.42 Å². The van der Waals surface area contributed by atoms with E-state index in [1.165, 1.54) is 0 Å². The highest BCUT2D eigenvalue weighted by atomic mass is 32.2. The fourth-order valence-electron chi connectivity index (χ4n) is 2.34. The van der Waals surface area contributed by atoms with Crippen molar-refractivity contribution in [3.05, 3.63) is 40.6 Å². The highest BCUT2D eigenvalue weighted by Crippen LogP contribution is 2.26. The maximum atomic E-state index is 12.6. The molecule has 0 aliphatic carbocycles. The van der Waals surface area contributed by atoms with Crippen LogP contribution in [0.2, 0.25) is 0 Å². The molecule has 0 fully saturated rings. The predicted molar refractivity (Wildman–Crippen MR) is 87.1 cm³/mol. The highest BCUT2D eigenvalue weighted by Gasteiger charge is 2.20. The average Bonchev–Trinajstić information content (AvgIpc) is 2.78. The van der Waals surface area contributed by atoms with Gasteiger partial charge < -0.3 is 9.15 Å². The van der Waals surface area contributed by atoms with E-state index in [0.717, 1.165) is 5.56 Å². The molecule has 2 aromatic rings. The molecule has 0 aliphatic rings. The number of rotatable bonds is 6. The van der Waals surface area contributed by atoms with Crippen LogP contribution < -0.4 is 9.46 Å². The first kappa shape index (κ1) is 17.5. The largest absolute Gasteiger partial charge is 0.494 e. The summed E-state index contributed by atoms with van der Waals surface area (Å²) in [6, 6.07) is 3.37. The molecule has 0 aliphatic heterocycles. The molecule has 1 aromatic heterocycles. The van der Waals surface area contributed by atoms with E-state index in [0.29, 0.717) is 35.3 Å². The maximum absolute atomic E-state index is 12.6. The van der Waals surface area contributed by atoms with Gasteiger partial charge in [-0.15, -0.1) is 0 Å². The van der Waals surface area contributed by atoms with Gasteiger partial charge in [-0.2, -0.15) is 0 Å². The number of oxazole rings is 1. The smallest absolute Gasteiger partial charge is 0.241 e. The van der Waals surface area contributed by atoms with Gasteiger partial charge in [-0.3, -0.25) is 0 Å². The van der Waals surface area contributed by atoms with Crippen LogP contribution in [0.3, 0.4) is 0 Å². The lowest BCUT2D eigenvalue weighted by Gasteiger charge is -2.13. The number of benzene rings is 1. The molecule has 7 heteroatoms. The SMILES string of the molecule is CCOc1cc(C)c(S(=O)(=O)NCc2oc(C)nc2C)cc1C. The Bertz CT molecular complexity index is 810. The fraction of sp³-hybridized carbons (Fsp3) is 0.438. The predicted octanol–water partition coefficient (Wildman–Crippen LogP) is 2.79. The van der Waals surface area contributed by atoms with E-state index < -0.39 is 10.0 Å². The topological polar surface area (TPSA) is 81.4 Å². The Morgan fingerprint density at radius 1 is 1.17 bits per heavy atom. The first-order valence-corrected chi connectivity index (χ1v) is 8.89. The van der Waals surface area contributed by atoms with E-state index in [1.807, 2.05) is 13.8 Å². The van der Waals surface area contributed by atoms with E-state index >= 15 is 0 Å². The number of nitrogens with zero attached hydrogens (tertiary/aromatic N) is 1. The van der Waals surface area contributed by atoms with Crippen molar-refractivity contribution in [2.75, 3.05) is 6.61 Å². The van der Waals surface area contributed by atoms with Crippen LogP contribution in [-0.2, 0) is 16.6 Å². The summed E-state index contributed by atoms with van der Waals surface area (Å²) in [4.78, 5) is 4.37. The Kier molecular flexibility index (Phi) is 5.11. The second-order valence-corrected chi connectivity index (χ2v) is 7.12. The minimum atomic E-state index is -3.64. The third kappa shape index (κ3) is 3.92. The molecule has 2 rings (SSSR count). The summed E-state index contributed by atoms with van der Waals surface area (Å²) in [5, 5.41) is 0. The van der Waals surface area contributed by atoms with Crippen molar-refractivity contribution in [2.24, 2.45) is 0 Å². The van der Waals surface area contributed by atoms with Crippen LogP contribution in [0.25, 0.3) is 0 Å². The van der Waals surface area contributed by atoms with Crippen molar-refractivity contribution in [3.63, 3.8) is 0 Å². The molecule has 0 saturated carbocycles. The Labute approximate surface area is 136 Å². The number of aromatic nitrogens is 1. The van der Waals surface area contributed by atoms with Crippen molar-refractivity contribution in [1.82, 2.24) is 9.71 Å². The zero-order valence-corrected chi connectivity index (χ0v) is 14.9. The van der Waals surface area contributed by atoms with E-state index in [2.05, 4.69) is 9.71 Å². The van der Waals surface area contributed by atoms with Gasteiger partial charge in [-0.1, -0.05) is 0 Å². The van der Waals surface area contributed by atoms with Gasteiger partial charge in [0.05, 0.1) is 23.7 Å². The highest BCUT2D eigenvalue weighted by molar-refractivity contribution is 7.89. The normalized spacial score (nSPS) is 11.7. The second-order valence-electron chi connectivity index (χ2n) is 5.38. The Morgan fingerprint density at radius 2 is 1.87 bits per heavy atom. The molecule has 0 spiro atoms. The van der Waals surface area contributed by atoms with Gasteiger partial charge in [0.1, 0.15) is 11.5 Å². The molecule has 6 nitrogen and oxygen atoms in total. The lowest BCUT2D eigenvalue weighted by Crippen LogP contribution is -2.24. The number of sulfonamides is 1. The zero-order chi connectivity index (χ0) is 17.2. The van der Waals surface area contributed by atoms with Gasteiger partial charge >= 0.3 is 0 Å². The van der Waals surface area contributed by atoms with Crippen LogP contribution in [0.15, 0.2) is 21.4 Å². The summed E-state index contributed by atoms with van der Waals surface area (Å²) in [5.41, 5.74) is 2.10. The number of hydrogen-bond donors (Lipinski definition) is 1. The van der Waals surface area contributed by atoms with Gasteiger partial charge in [0, 0.05) is 6.92 Å². The molecule has 126 valence electrons. The van der Waals surface area contributed by atoms with Crippen LogP contribution in [0.4, 0.5) is 0 Å². The molecule has 0 bridgehead atoms. The monoisotopic (exact) mass is 338 g/mol. The van der Waals surface area contributed by atoms with Gasteiger partial charge in [0.25, 0.3) is 0 Å². The molecule has 0 unspecified atom stereocenters. The molecule has 0 radical (unpaired) electrons. The molecule has 1 aromatic carbocycles. The number of hydrogen-bond acceptors (Lipinski definition) is 5. The van der Waals surface area contributed by atoms with Crippen LogP contribution in [0, 0.1) is 27.7 Å². The van der Waals surface area contributed by atoms with Gasteiger partial charge in [-0.25, -0.2) is 18.1 Å². The third-order valence-electron chi connectivity index (χ3n) is 3.48. The summed E-state index contributed by atoms with van der Waals surface area (Å²) >= 11 is 0. The summed E-state index contributed by atoms with van der Waals surface area (Å²) in [6.45, 7) is 9.59. The Morgan fingerprint density at radius 3 is 2.43 bits per heavy atom. The molecule has 1 heterocycles. The van der Waals surface area contributed by atoms with Crippen LogP contribution >= 0.6 is 0 Å². The van der Waals surface area contributed by atoms with Crippen molar-refractivity contribution in [3.8, 4) is 5.75 Å². The van der Waals surface area contributed by atoms with E-state index in [-0.39, 0.29) is 11.4 Å². The van der Waals surface area contributed by atoms with Crippen molar-refractivity contribution >= 4 is 10.0 Å². The van der Waals surface area contributed by atoms with E-state index in [1.54, 1.807) is 32.9 Å². The second kappa shape index (κ2) is 6.72. The minimum Gasteiger partial charge on any atom is -0.494 e. The van der Waals surface area contributed by atoms with Crippen molar-refractivity contribution in [2.45, 2.75) is 46.1 Å². The number of aryl methyl sites for hydroxylation is 4. The molecular formula is C16H22N2O4S. The summed E-state index contributed by atoms with van der Waals surface area (Å²) < 4.78 is 38.6. The fourth-order valence-corrected chi connectivity index (χ4v) is 3.63. The molecule has 23 heavy (non-hydrogen) atoms. The van der Waals surface area contributed by atoms with Gasteiger partial charge in [-0.05, 0) is 51.0 Å². The molecule has 0 atom stereocenters. The van der Waals surface area contributed by atoms with Crippen LogP contribution in [0.1, 0.15) is 35.4 Å². The van der Waals surface area contributed by atoms with Crippen molar-refractivity contribution < 1.29 is 17.6 Å². The molecule has 1 N–H and O–H groups in total. The Hall–Kier alpha value is -1.86. The maximum Gasteiger partial charge on any atom is 0.241 e. The lowest BCUT2D eigenvalue weighted by molar-refractivity contribution is 0.337. The molecule has 0 saturated heterocycles. The van der Waals surface area contributed by atoms with Crippen LogP contribution in [-0.4, -0.2) is 20.0 Å². The summed E-state index contributed by atoms with van der Waals surface area (Å²) in [7, 11) is -3.64. The van der Waals surface area contributed by atoms with Gasteiger partial charge in [0.15, 0.2) is 5.89 Å². The minimum absolute atomic E-state index is 0.0701.